The first-order chi connectivity index (χ1) is 7.22. The Morgan fingerprint density at radius 2 is 2.33 bits per heavy atom. The number of hydrogen-bond acceptors (Lipinski definition) is 4. The van der Waals surface area contributed by atoms with E-state index < -0.39 is 6.10 Å². The van der Waals surface area contributed by atoms with Crippen molar-refractivity contribution in [1.82, 2.24) is 5.48 Å². The standard InChI is InChI=1S/C10H14ClNO3/c1-14-12-6-9(13)7-15-10-4-2-3-8(11)5-10/h2-5,9,12-13H,6-7H2,1H3. The molecule has 0 saturated carbocycles. The average molecular weight is 232 g/mol. The van der Waals surface area contributed by atoms with Gasteiger partial charge < -0.3 is 14.7 Å². The van der Waals surface area contributed by atoms with Crippen molar-refractivity contribution >= 4 is 11.6 Å². The molecule has 5 heteroatoms. The smallest absolute Gasteiger partial charge is 0.120 e. The van der Waals surface area contributed by atoms with E-state index >= 15 is 0 Å². The molecule has 84 valence electrons. The van der Waals surface area contributed by atoms with Crippen LogP contribution < -0.4 is 10.2 Å². The third-order valence-corrected chi connectivity index (χ3v) is 1.94. The zero-order valence-corrected chi connectivity index (χ0v) is 9.20. The van der Waals surface area contributed by atoms with E-state index in [9.17, 15) is 5.11 Å². The molecule has 0 radical (unpaired) electrons. The van der Waals surface area contributed by atoms with Gasteiger partial charge in [0.1, 0.15) is 18.5 Å². The van der Waals surface area contributed by atoms with Crippen LogP contribution in [0, 0.1) is 0 Å². The van der Waals surface area contributed by atoms with Gasteiger partial charge in [-0.25, -0.2) is 5.48 Å². The summed E-state index contributed by atoms with van der Waals surface area (Å²) in [6.07, 6.45) is -0.621. The highest BCUT2D eigenvalue weighted by Gasteiger charge is 2.04. The lowest BCUT2D eigenvalue weighted by atomic mass is 10.3. The molecule has 1 unspecified atom stereocenters. The van der Waals surface area contributed by atoms with Crippen molar-refractivity contribution in [3.05, 3.63) is 29.3 Å². The zero-order valence-electron chi connectivity index (χ0n) is 8.44. The summed E-state index contributed by atoms with van der Waals surface area (Å²) in [5.41, 5.74) is 2.54. The highest BCUT2D eigenvalue weighted by Crippen LogP contribution is 2.16. The SMILES string of the molecule is CONCC(O)COc1cccc(Cl)c1. The van der Waals surface area contributed by atoms with Crippen molar-refractivity contribution in [2.45, 2.75) is 6.10 Å². The van der Waals surface area contributed by atoms with Gasteiger partial charge in [0.2, 0.25) is 0 Å². The van der Waals surface area contributed by atoms with Crippen molar-refractivity contribution in [3.8, 4) is 5.75 Å². The molecule has 0 aliphatic rings. The predicted octanol–water partition coefficient (Wildman–Crippen LogP) is 1.23. The second-order valence-corrected chi connectivity index (χ2v) is 3.41. The monoisotopic (exact) mass is 231 g/mol. The molecule has 1 atom stereocenters. The molecule has 1 aromatic carbocycles. The largest absolute Gasteiger partial charge is 0.491 e. The van der Waals surface area contributed by atoms with Crippen LogP contribution in [0.5, 0.6) is 5.75 Å². The number of nitrogens with one attached hydrogen (secondary N) is 1. The molecule has 0 fully saturated rings. The number of hydrogen-bond donors (Lipinski definition) is 2. The number of hydroxylamine groups is 1. The highest BCUT2D eigenvalue weighted by atomic mass is 35.5. The molecular formula is C10H14ClNO3. The first-order valence-corrected chi connectivity index (χ1v) is 4.92. The molecule has 0 amide bonds. The van der Waals surface area contributed by atoms with Crippen molar-refractivity contribution in [3.63, 3.8) is 0 Å². The third kappa shape index (κ3) is 4.99. The van der Waals surface area contributed by atoms with Crippen molar-refractivity contribution < 1.29 is 14.7 Å². The van der Waals surface area contributed by atoms with Crippen LogP contribution >= 0.6 is 11.6 Å². The van der Waals surface area contributed by atoms with E-state index in [1.165, 1.54) is 7.11 Å². The van der Waals surface area contributed by atoms with E-state index in [2.05, 4.69) is 10.3 Å². The Bertz CT molecular complexity index is 296. The average Bonchev–Trinajstić information content (AvgIpc) is 2.23. The predicted molar refractivity (Wildman–Crippen MR) is 58.0 cm³/mol. The number of halogens is 1. The van der Waals surface area contributed by atoms with Crippen LogP contribution in [0.1, 0.15) is 0 Å². The molecule has 0 spiro atoms. The van der Waals surface area contributed by atoms with E-state index in [0.717, 1.165) is 0 Å². The summed E-state index contributed by atoms with van der Waals surface area (Å²) < 4.78 is 5.32. The summed E-state index contributed by atoms with van der Waals surface area (Å²) in [7, 11) is 1.49. The van der Waals surface area contributed by atoms with Gasteiger partial charge in [-0.15, -0.1) is 0 Å². The van der Waals surface area contributed by atoms with Gasteiger partial charge in [0.05, 0.1) is 13.7 Å². The minimum atomic E-state index is -0.621. The van der Waals surface area contributed by atoms with Crippen LogP contribution in [-0.2, 0) is 4.84 Å². The van der Waals surface area contributed by atoms with Gasteiger partial charge in [0.25, 0.3) is 0 Å². The maximum Gasteiger partial charge on any atom is 0.120 e. The molecule has 0 aromatic heterocycles. The number of rotatable bonds is 6. The molecule has 2 N–H and O–H groups in total. The van der Waals surface area contributed by atoms with Crippen molar-refractivity contribution in [2.75, 3.05) is 20.3 Å². The first kappa shape index (κ1) is 12.3. The van der Waals surface area contributed by atoms with E-state index in [1.54, 1.807) is 24.3 Å². The Balaban J connectivity index is 2.30. The molecule has 0 heterocycles. The summed E-state index contributed by atoms with van der Waals surface area (Å²) >= 11 is 5.77. The summed E-state index contributed by atoms with van der Waals surface area (Å²) in [6.45, 7) is 0.508. The van der Waals surface area contributed by atoms with Crippen LogP contribution in [0.2, 0.25) is 5.02 Å². The Kier molecular flexibility index (Phi) is 5.42. The zero-order chi connectivity index (χ0) is 11.1. The van der Waals surface area contributed by atoms with E-state index in [4.69, 9.17) is 16.3 Å². The van der Waals surface area contributed by atoms with Crippen LogP contribution in [0.4, 0.5) is 0 Å². The summed E-state index contributed by atoms with van der Waals surface area (Å²) in [5.74, 6) is 0.638. The molecule has 1 aromatic rings. The summed E-state index contributed by atoms with van der Waals surface area (Å²) in [5, 5.41) is 10.0. The summed E-state index contributed by atoms with van der Waals surface area (Å²) in [4.78, 5) is 4.60. The quantitative estimate of drug-likeness (QED) is 0.724. The Hall–Kier alpha value is -0.810. The molecule has 15 heavy (non-hydrogen) atoms. The third-order valence-electron chi connectivity index (χ3n) is 1.70. The van der Waals surface area contributed by atoms with Gasteiger partial charge in [-0.1, -0.05) is 17.7 Å². The van der Waals surface area contributed by atoms with Crippen molar-refractivity contribution in [1.29, 1.82) is 0 Å². The Morgan fingerprint density at radius 1 is 1.53 bits per heavy atom. The van der Waals surface area contributed by atoms with Gasteiger partial charge in [-0.2, -0.15) is 0 Å². The minimum absolute atomic E-state index is 0.191. The van der Waals surface area contributed by atoms with Gasteiger partial charge in [0, 0.05) is 5.02 Å². The number of benzene rings is 1. The molecule has 0 bridgehead atoms. The fourth-order valence-electron chi connectivity index (χ4n) is 0.988. The lowest BCUT2D eigenvalue weighted by Crippen LogP contribution is -2.30. The molecule has 0 aliphatic carbocycles. The molecule has 0 aliphatic heterocycles. The second-order valence-electron chi connectivity index (χ2n) is 2.97. The Morgan fingerprint density at radius 3 is 3.00 bits per heavy atom. The van der Waals surface area contributed by atoms with Gasteiger partial charge in [0.15, 0.2) is 0 Å². The molecule has 0 saturated heterocycles. The Labute approximate surface area is 93.7 Å². The normalized spacial score (nSPS) is 12.5. The maximum atomic E-state index is 9.41. The lowest BCUT2D eigenvalue weighted by molar-refractivity contribution is 0.0322. The topological polar surface area (TPSA) is 50.7 Å². The lowest BCUT2D eigenvalue weighted by Gasteiger charge is -2.12. The van der Waals surface area contributed by atoms with Crippen LogP contribution in [0.3, 0.4) is 0 Å². The number of ether oxygens (including phenoxy) is 1. The van der Waals surface area contributed by atoms with Gasteiger partial charge in [-0.3, -0.25) is 0 Å². The molecule has 1 rings (SSSR count). The fourth-order valence-corrected chi connectivity index (χ4v) is 1.17. The number of aliphatic hydroxyl groups is 1. The molecule has 4 nitrogen and oxygen atoms in total. The minimum Gasteiger partial charge on any atom is -0.491 e. The van der Waals surface area contributed by atoms with Crippen molar-refractivity contribution in [2.24, 2.45) is 0 Å². The van der Waals surface area contributed by atoms with E-state index in [1.807, 2.05) is 0 Å². The number of aliphatic hydroxyl groups excluding tert-OH is 1. The highest BCUT2D eigenvalue weighted by molar-refractivity contribution is 6.30. The van der Waals surface area contributed by atoms with E-state index in [0.29, 0.717) is 17.3 Å². The fraction of sp³-hybridized carbons (Fsp3) is 0.400. The van der Waals surface area contributed by atoms with Gasteiger partial charge in [-0.05, 0) is 18.2 Å². The maximum absolute atomic E-state index is 9.41. The first-order valence-electron chi connectivity index (χ1n) is 4.54. The molecular weight excluding hydrogens is 218 g/mol. The van der Waals surface area contributed by atoms with Gasteiger partial charge >= 0.3 is 0 Å². The van der Waals surface area contributed by atoms with Crippen LogP contribution in [-0.4, -0.2) is 31.5 Å². The van der Waals surface area contributed by atoms with E-state index in [-0.39, 0.29) is 6.61 Å². The van der Waals surface area contributed by atoms with Crippen LogP contribution in [0.25, 0.3) is 0 Å². The summed E-state index contributed by atoms with van der Waals surface area (Å²) in [6, 6.07) is 7.02. The van der Waals surface area contributed by atoms with Crippen LogP contribution in [0.15, 0.2) is 24.3 Å². The second kappa shape index (κ2) is 6.63.